The first-order valence-corrected chi connectivity index (χ1v) is 10.2. The van der Waals surface area contributed by atoms with Gasteiger partial charge in [-0.1, -0.05) is 25.1 Å². The lowest BCUT2D eigenvalue weighted by molar-refractivity contribution is -0.0977. The van der Waals surface area contributed by atoms with Gasteiger partial charge in [-0.2, -0.15) is 0 Å². The van der Waals surface area contributed by atoms with Crippen LogP contribution in [0.3, 0.4) is 0 Å². The number of fused-ring (bicyclic) bond motifs is 1. The van der Waals surface area contributed by atoms with Crippen LogP contribution in [0.25, 0.3) is 0 Å². The van der Waals surface area contributed by atoms with Crippen LogP contribution in [-0.2, 0) is 15.9 Å². The van der Waals surface area contributed by atoms with Gasteiger partial charge in [0, 0.05) is 25.8 Å². The predicted molar refractivity (Wildman–Crippen MR) is 101 cm³/mol. The number of nitrogens with zero attached hydrogens (tertiary/aromatic N) is 1. The fourth-order valence-electron chi connectivity index (χ4n) is 4.81. The van der Waals surface area contributed by atoms with Gasteiger partial charge in [0.05, 0.1) is 17.7 Å². The Morgan fingerprint density at radius 2 is 2.04 bits per heavy atom. The van der Waals surface area contributed by atoms with E-state index in [-0.39, 0.29) is 23.7 Å². The van der Waals surface area contributed by atoms with Gasteiger partial charge in [-0.3, -0.25) is 4.79 Å². The van der Waals surface area contributed by atoms with Gasteiger partial charge >= 0.3 is 0 Å². The molecule has 1 aromatic carbocycles. The minimum Gasteiger partial charge on any atom is -0.378 e. The molecule has 1 heterocycles. The van der Waals surface area contributed by atoms with Crippen LogP contribution >= 0.6 is 0 Å². The molecule has 26 heavy (non-hydrogen) atoms. The number of likely N-dealkylation sites (tertiary alicyclic amines) is 1. The van der Waals surface area contributed by atoms with Crippen molar-refractivity contribution in [1.29, 1.82) is 0 Å². The summed E-state index contributed by atoms with van der Waals surface area (Å²) >= 11 is 0. The Morgan fingerprint density at radius 3 is 2.77 bits per heavy atom. The average molecular weight is 357 g/mol. The van der Waals surface area contributed by atoms with E-state index in [0.717, 1.165) is 62.3 Å². The molecule has 3 aliphatic rings. The van der Waals surface area contributed by atoms with Crippen LogP contribution in [0.15, 0.2) is 24.3 Å². The van der Waals surface area contributed by atoms with Crippen LogP contribution in [0.4, 0.5) is 0 Å². The Bertz CT molecular complexity index is 657. The standard InChI is InChI=1S/C22H31NO3/c1-3-17-6-4-5-7-19(17)21(24)23-13-12-22(25-2)11-10-18(14-20(22)23)26-15-16-8-9-16/h4-7,16,18,20H,3,8-15H2,1-2H3/t18-,20+,22-/m1/s1. The number of carbonyl (C=O) groups is 1. The Labute approximate surface area is 156 Å². The summed E-state index contributed by atoms with van der Waals surface area (Å²) in [5, 5.41) is 0. The smallest absolute Gasteiger partial charge is 0.254 e. The van der Waals surface area contributed by atoms with Crippen LogP contribution in [-0.4, -0.2) is 48.8 Å². The second kappa shape index (κ2) is 7.32. The van der Waals surface area contributed by atoms with E-state index in [9.17, 15) is 4.79 Å². The summed E-state index contributed by atoms with van der Waals surface area (Å²) in [4.78, 5) is 15.4. The lowest BCUT2D eigenvalue weighted by atomic mass is 9.79. The second-order valence-electron chi connectivity index (χ2n) is 8.22. The van der Waals surface area contributed by atoms with E-state index in [1.165, 1.54) is 12.8 Å². The Balaban J connectivity index is 1.53. The molecule has 3 fully saturated rings. The average Bonchev–Trinajstić information content (AvgIpc) is 3.44. The largest absolute Gasteiger partial charge is 0.378 e. The topological polar surface area (TPSA) is 38.8 Å². The summed E-state index contributed by atoms with van der Waals surface area (Å²) in [6, 6.07) is 8.14. The third-order valence-electron chi connectivity index (χ3n) is 6.70. The molecule has 0 aromatic heterocycles. The maximum atomic E-state index is 13.4. The van der Waals surface area contributed by atoms with E-state index in [2.05, 4.69) is 17.9 Å². The molecule has 3 atom stereocenters. The molecule has 142 valence electrons. The zero-order chi connectivity index (χ0) is 18.1. The number of aryl methyl sites for hydroxylation is 1. The first-order chi connectivity index (χ1) is 12.7. The lowest BCUT2D eigenvalue weighted by Crippen LogP contribution is -2.53. The molecule has 2 saturated carbocycles. The van der Waals surface area contributed by atoms with Crippen molar-refractivity contribution in [1.82, 2.24) is 4.90 Å². The molecule has 1 saturated heterocycles. The third kappa shape index (κ3) is 3.29. The van der Waals surface area contributed by atoms with E-state index in [4.69, 9.17) is 9.47 Å². The van der Waals surface area contributed by atoms with Crippen molar-refractivity contribution >= 4 is 5.91 Å². The van der Waals surface area contributed by atoms with Crippen molar-refractivity contribution in [2.24, 2.45) is 5.92 Å². The molecule has 1 aliphatic heterocycles. The summed E-state index contributed by atoms with van der Waals surface area (Å²) in [5.74, 6) is 0.941. The molecule has 0 unspecified atom stereocenters. The SMILES string of the molecule is CCc1ccccc1C(=O)N1CC[C@]2(OC)CC[C@@H](OCC3CC3)C[C@H]12. The highest BCUT2D eigenvalue weighted by Gasteiger charge is 2.53. The molecule has 1 amide bonds. The first-order valence-electron chi connectivity index (χ1n) is 10.2. The Morgan fingerprint density at radius 1 is 1.23 bits per heavy atom. The summed E-state index contributed by atoms with van der Waals surface area (Å²) in [6.07, 6.45) is 7.65. The van der Waals surface area contributed by atoms with Crippen molar-refractivity contribution < 1.29 is 14.3 Å². The summed E-state index contributed by atoms with van der Waals surface area (Å²) in [5.41, 5.74) is 1.80. The Hall–Kier alpha value is -1.39. The molecule has 2 aliphatic carbocycles. The molecule has 0 bridgehead atoms. The fraction of sp³-hybridized carbons (Fsp3) is 0.682. The maximum absolute atomic E-state index is 13.4. The summed E-state index contributed by atoms with van der Waals surface area (Å²) in [7, 11) is 1.81. The minimum atomic E-state index is -0.184. The van der Waals surface area contributed by atoms with Gasteiger partial charge in [0.1, 0.15) is 0 Å². The number of ether oxygens (including phenoxy) is 2. The molecule has 4 rings (SSSR count). The normalized spacial score (nSPS) is 31.1. The van der Waals surface area contributed by atoms with Gasteiger partial charge in [-0.25, -0.2) is 0 Å². The molecule has 0 spiro atoms. The quantitative estimate of drug-likeness (QED) is 0.777. The zero-order valence-corrected chi connectivity index (χ0v) is 16.1. The molecule has 4 heteroatoms. The summed E-state index contributed by atoms with van der Waals surface area (Å²) in [6.45, 7) is 3.78. The second-order valence-corrected chi connectivity index (χ2v) is 8.22. The van der Waals surface area contributed by atoms with Crippen molar-refractivity contribution in [2.45, 2.75) is 69.6 Å². The van der Waals surface area contributed by atoms with Gasteiger partial charge in [-0.05, 0) is 62.5 Å². The monoisotopic (exact) mass is 357 g/mol. The van der Waals surface area contributed by atoms with Gasteiger partial charge in [0.2, 0.25) is 0 Å². The van der Waals surface area contributed by atoms with E-state index in [1.807, 2.05) is 25.3 Å². The number of benzene rings is 1. The van der Waals surface area contributed by atoms with Gasteiger partial charge in [0.25, 0.3) is 5.91 Å². The summed E-state index contributed by atoms with van der Waals surface area (Å²) < 4.78 is 12.2. The molecule has 0 N–H and O–H groups in total. The van der Waals surface area contributed by atoms with Gasteiger partial charge in [-0.15, -0.1) is 0 Å². The number of hydrogen-bond donors (Lipinski definition) is 0. The lowest BCUT2D eigenvalue weighted by Gasteiger charge is -2.43. The zero-order valence-electron chi connectivity index (χ0n) is 16.1. The maximum Gasteiger partial charge on any atom is 0.254 e. The molecule has 0 radical (unpaired) electrons. The predicted octanol–water partition coefficient (Wildman–Crippen LogP) is 3.83. The minimum absolute atomic E-state index is 0.128. The van der Waals surface area contributed by atoms with Crippen LogP contribution in [0, 0.1) is 5.92 Å². The van der Waals surface area contributed by atoms with Crippen molar-refractivity contribution in [3.05, 3.63) is 35.4 Å². The van der Waals surface area contributed by atoms with Crippen LogP contribution in [0.1, 0.15) is 61.4 Å². The van der Waals surface area contributed by atoms with Crippen LogP contribution < -0.4 is 0 Å². The van der Waals surface area contributed by atoms with Crippen LogP contribution in [0.2, 0.25) is 0 Å². The van der Waals surface area contributed by atoms with E-state index in [1.54, 1.807) is 0 Å². The number of amides is 1. The molecular weight excluding hydrogens is 326 g/mol. The number of methoxy groups -OCH3 is 1. The highest BCUT2D eigenvalue weighted by molar-refractivity contribution is 5.96. The van der Waals surface area contributed by atoms with E-state index >= 15 is 0 Å². The van der Waals surface area contributed by atoms with Crippen LogP contribution in [0.5, 0.6) is 0 Å². The van der Waals surface area contributed by atoms with Crippen molar-refractivity contribution in [2.75, 3.05) is 20.3 Å². The first kappa shape index (κ1) is 18.0. The van der Waals surface area contributed by atoms with E-state index in [0.29, 0.717) is 0 Å². The van der Waals surface area contributed by atoms with Gasteiger partial charge < -0.3 is 14.4 Å². The molecular formula is C22H31NO3. The van der Waals surface area contributed by atoms with Crippen molar-refractivity contribution in [3.63, 3.8) is 0 Å². The highest BCUT2D eigenvalue weighted by Crippen LogP contribution is 2.44. The van der Waals surface area contributed by atoms with Crippen molar-refractivity contribution in [3.8, 4) is 0 Å². The molecule has 4 nitrogen and oxygen atoms in total. The Kier molecular flexibility index (Phi) is 5.07. The molecule has 1 aromatic rings. The van der Waals surface area contributed by atoms with Gasteiger partial charge in [0.15, 0.2) is 0 Å². The number of carbonyl (C=O) groups excluding carboxylic acids is 1. The third-order valence-corrected chi connectivity index (χ3v) is 6.70. The van der Waals surface area contributed by atoms with E-state index < -0.39 is 0 Å². The fourth-order valence-corrected chi connectivity index (χ4v) is 4.81. The highest BCUT2D eigenvalue weighted by atomic mass is 16.5. The number of hydrogen-bond acceptors (Lipinski definition) is 3. The number of rotatable bonds is 6.